The maximum absolute atomic E-state index is 11.9. The molecule has 1 atom stereocenters. The van der Waals surface area contributed by atoms with Crippen LogP contribution in [0.15, 0.2) is 0 Å². The molecule has 0 aliphatic heterocycles. The van der Waals surface area contributed by atoms with Crippen molar-refractivity contribution >= 4 is 13.0 Å². The minimum absolute atomic E-state index is 0.142. The van der Waals surface area contributed by atoms with Crippen LogP contribution in [0.1, 0.15) is 20.8 Å². The summed E-state index contributed by atoms with van der Waals surface area (Å²) >= 11 is 0. The molecule has 0 aliphatic rings. The van der Waals surface area contributed by atoms with Crippen molar-refractivity contribution in [2.45, 2.75) is 26.9 Å². The first kappa shape index (κ1) is 13.5. The fourth-order valence-corrected chi connectivity index (χ4v) is 2.46. The monoisotopic (exact) mass is 222 g/mol. The van der Waals surface area contributed by atoms with Gasteiger partial charge in [0.1, 0.15) is 0 Å². The molecule has 14 heavy (non-hydrogen) atoms. The molecule has 0 heterocycles. The lowest BCUT2D eigenvalue weighted by Gasteiger charge is -2.13. The van der Waals surface area contributed by atoms with Crippen LogP contribution in [0.25, 0.3) is 5.53 Å². The lowest BCUT2D eigenvalue weighted by Crippen LogP contribution is -2.20. The number of aliphatic hydroxyl groups is 1. The predicted molar refractivity (Wildman–Crippen MR) is 51.2 cm³/mol. The molecule has 0 fully saturated rings. The van der Waals surface area contributed by atoms with Crippen LogP contribution in [0, 0.1) is 0 Å². The molecule has 0 saturated carbocycles. The highest BCUT2D eigenvalue weighted by atomic mass is 31.2. The van der Waals surface area contributed by atoms with Gasteiger partial charge in [0, 0.05) is 0 Å². The van der Waals surface area contributed by atoms with Crippen molar-refractivity contribution < 1.29 is 23.5 Å². The zero-order valence-corrected chi connectivity index (χ0v) is 9.40. The average Bonchev–Trinajstić information content (AvgIpc) is 2.04. The fraction of sp³-hybridized carbons (Fsp3) is 0.857. The van der Waals surface area contributed by atoms with Gasteiger partial charge >= 0.3 is 13.0 Å². The second-order valence-corrected chi connectivity index (χ2v) is 4.44. The summed E-state index contributed by atoms with van der Waals surface area (Å²) in [7, 11) is -3.64. The molecule has 1 unspecified atom stereocenters. The Balaban J connectivity index is 4.98. The van der Waals surface area contributed by atoms with E-state index in [9.17, 15) is 9.67 Å². The van der Waals surface area contributed by atoms with Gasteiger partial charge in [-0.05, 0) is 20.8 Å². The van der Waals surface area contributed by atoms with Crippen LogP contribution < -0.4 is 0 Å². The summed E-state index contributed by atoms with van der Waals surface area (Å²) in [6.45, 7) is 4.86. The van der Waals surface area contributed by atoms with Crippen LogP contribution in [-0.2, 0) is 13.6 Å². The van der Waals surface area contributed by atoms with Crippen molar-refractivity contribution in [3.05, 3.63) is 5.53 Å². The van der Waals surface area contributed by atoms with Gasteiger partial charge in [0.25, 0.3) is 0 Å². The molecular weight excluding hydrogens is 207 g/mol. The fourth-order valence-electron chi connectivity index (χ4n) is 0.877. The van der Waals surface area contributed by atoms with Gasteiger partial charge in [-0.2, -0.15) is 4.79 Å². The summed E-state index contributed by atoms with van der Waals surface area (Å²) in [6.07, 6.45) is -1.18. The summed E-state index contributed by atoms with van der Waals surface area (Å²) in [6, 6.07) is 0. The molecule has 0 amide bonds. The maximum atomic E-state index is 11.9. The van der Waals surface area contributed by atoms with Crippen LogP contribution in [-0.4, -0.2) is 34.7 Å². The molecule has 1 N–H and O–H groups in total. The van der Waals surface area contributed by atoms with Crippen LogP contribution in [0.2, 0.25) is 0 Å². The van der Waals surface area contributed by atoms with Crippen molar-refractivity contribution in [1.82, 2.24) is 0 Å². The lowest BCUT2D eigenvalue weighted by atomic mass is 10.5. The Morgan fingerprint density at radius 3 is 2.14 bits per heavy atom. The number of nitrogens with zero attached hydrogens (tertiary/aromatic N) is 2. The molecular formula is C7H15N2O4P. The summed E-state index contributed by atoms with van der Waals surface area (Å²) in [5.74, 6) is 0. The molecule has 0 bridgehead atoms. The van der Waals surface area contributed by atoms with E-state index < -0.39 is 13.7 Å². The topological polar surface area (TPSA) is 92.2 Å². The first-order valence-electron chi connectivity index (χ1n) is 4.31. The summed E-state index contributed by atoms with van der Waals surface area (Å²) in [5, 5.41) is 9.18. The highest BCUT2D eigenvalue weighted by Gasteiger charge is 2.42. The molecule has 0 aromatic carbocycles. The zero-order chi connectivity index (χ0) is 11.2. The van der Waals surface area contributed by atoms with Gasteiger partial charge in [-0.25, -0.2) is 4.57 Å². The quantitative estimate of drug-likeness (QED) is 0.317. The van der Waals surface area contributed by atoms with Crippen LogP contribution in [0.4, 0.5) is 0 Å². The van der Waals surface area contributed by atoms with E-state index in [0.717, 1.165) is 0 Å². The van der Waals surface area contributed by atoms with E-state index in [1.54, 1.807) is 13.8 Å². The van der Waals surface area contributed by atoms with E-state index in [-0.39, 0.29) is 18.7 Å². The van der Waals surface area contributed by atoms with Gasteiger partial charge in [0.15, 0.2) is 6.10 Å². The largest absolute Gasteiger partial charge is 0.440 e. The van der Waals surface area contributed by atoms with Gasteiger partial charge in [0.2, 0.25) is 0 Å². The van der Waals surface area contributed by atoms with Crippen LogP contribution in [0.5, 0.6) is 0 Å². The minimum Gasteiger partial charge on any atom is -0.381 e. The minimum atomic E-state index is -3.64. The highest BCUT2D eigenvalue weighted by molar-refractivity contribution is 7.72. The van der Waals surface area contributed by atoms with E-state index in [1.807, 2.05) is 0 Å². The van der Waals surface area contributed by atoms with Gasteiger partial charge in [0.05, 0.1) is 13.2 Å². The molecule has 0 aromatic heterocycles. The third-order valence-electron chi connectivity index (χ3n) is 1.35. The third kappa shape index (κ3) is 3.33. The maximum Gasteiger partial charge on any atom is 0.440 e. The smallest absolute Gasteiger partial charge is 0.381 e. The Morgan fingerprint density at radius 1 is 1.50 bits per heavy atom. The SMILES string of the molecule is CCOP(=O)(OCC)C(=[N+]=[N-])C(C)O. The summed E-state index contributed by atoms with van der Waals surface area (Å²) < 4.78 is 21.6. The Kier molecular flexibility index (Phi) is 5.84. The molecule has 0 spiro atoms. The Hall–Kier alpha value is -0.510. The van der Waals surface area contributed by atoms with Crippen molar-refractivity contribution in [2.75, 3.05) is 13.2 Å². The van der Waals surface area contributed by atoms with E-state index in [4.69, 9.17) is 14.6 Å². The standard InChI is InChI=1S/C7H15N2O4P/c1-4-12-14(11,13-5-2)7(9-8)6(3)10/h6,10H,4-5H2,1-3H3. The highest BCUT2D eigenvalue weighted by Crippen LogP contribution is 2.49. The molecule has 7 heteroatoms. The summed E-state index contributed by atoms with van der Waals surface area (Å²) in [4.78, 5) is 2.75. The van der Waals surface area contributed by atoms with Crippen molar-refractivity contribution in [3.63, 3.8) is 0 Å². The first-order valence-corrected chi connectivity index (χ1v) is 5.85. The number of hydrogen-bond acceptors (Lipinski definition) is 4. The number of aliphatic hydroxyl groups excluding tert-OH is 1. The average molecular weight is 222 g/mol. The number of hydrogen-bond donors (Lipinski definition) is 1. The molecule has 6 nitrogen and oxygen atoms in total. The second-order valence-electron chi connectivity index (χ2n) is 2.47. The van der Waals surface area contributed by atoms with Gasteiger partial charge in [-0.15, -0.1) is 0 Å². The van der Waals surface area contributed by atoms with E-state index in [0.29, 0.717) is 0 Å². The van der Waals surface area contributed by atoms with E-state index >= 15 is 0 Å². The lowest BCUT2D eigenvalue weighted by molar-refractivity contribution is -0.0173. The molecule has 0 aromatic rings. The van der Waals surface area contributed by atoms with Gasteiger partial charge < -0.3 is 19.7 Å². The van der Waals surface area contributed by atoms with Crippen molar-refractivity contribution in [3.8, 4) is 0 Å². The van der Waals surface area contributed by atoms with Crippen molar-refractivity contribution in [2.24, 2.45) is 0 Å². The molecule has 0 radical (unpaired) electrons. The Morgan fingerprint density at radius 2 is 1.93 bits per heavy atom. The Labute approximate surface area is 83.0 Å². The van der Waals surface area contributed by atoms with Crippen LogP contribution >= 0.6 is 7.60 Å². The van der Waals surface area contributed by atoms with Crippen LogP contribution in [0.3, 0.4) is 0 Å². The van der Waals surface area contributed by atoms with Gasteiger partial charge in [-0.1, -0.05) is 0 Å². The predicted octanol–water partition coefficient (Wildman–Crippen LogP) is 1.26. The molecule has 82 valence electrons. The number of rotatable bonds is 6. The van der Waals surface area contributed by atoms with E-state index in [1.165, 1.54) is 6.92 Å². The third-order valence-corrected chi connectivity index (χ3v) is 3.58. The first-order chi connectivity index (χ1) is 6.51. The normalized spacial score (nSPS) is 13.4. The van der Waals surface area contributed by atoms with Gasteiger partial charge in [-0.3, -0.25) is 0 Å². The molecule has 0 rings (SSSR count). The van der Waals surface area contributed by atoms with Crippen molar-refractivity contribution in [1.29, 1.82) is 0 Å². The zero-order valence-electron chi connectivity index (χ0n) is 8.51. The molecule has 0 saturated heterocycles. The summed E-state index contributed by atoms with van der Waals surface area (Å²) in [5.41, 5.74) is 8.21. The Bertz CT molecular complexity index is 263. The second kappa shape index (κ2) is 6.06. The molecule has 0 aliphatic carbocycles. The van der Waals surface area contributed by atoms with E-state index in [2.05, 4.69) is 4.79 Å².